The average molecular weight is 1060 g/mol. The summed E-state index contributed by atoms with van der Waals surface area (Å²) < 4.78 is 17.1. The lowest BCUT2D eigenvalue weighted by atomic mass is 9.92. The zero-order valence-corrected chi connectivity index (χ0v) is 40.5. The number of aromatic nitrogens is 1. The molecule has 15 atom stereocenters. The van der Waals surface area contributed by atoms with Crippen LogP contribution in [-0.4, -0.2) is 211 Å². The molecule has 0 unspecified atom stereocenters. The number of nitrogens with zero attached hydrogens (tertiary/aromatic N) is 4. The van der Waals surface area contributed by atoms with E-state index in [1.807, 2.05) is 0 Å². The van der Waals surface area contributed by atoms with Crippen molar-refractivity contribution in [2.24, 2.45) is 21.5 Å². The number of nitrogens with one attached hydrogen (secondary N) is 7. The van der Waals surface area contributed by atoms with E-state index in [0.717, 1.165) is 4.90 Å². The fourth-order valence-corrected chi connectivity index (χ4v) is 9.31. The molecule has 8 rings (SSSR count). The smallest absolute Gasteiger partial charge is 0.263 e. The van der Waals surface area contributed by atoms with Gasteiger partial charge in [-0.25, -0.2) is 4.98 Å². The monoisotopic (exact) mass is 1060 g/mol. The molecule has 2 saturated heterocycles. The van der Waals surface area contributed by atoms with Crippen LogP contribution in [0.3, 0.4) is 0 Å². The van der Waals surface area contributed by atoms with Crippen LogP contribution in [0.4, 0.5) is 0 Å². The maximum Gasteiger partial charge on any atom is 0.263 e. The topological polar surface area (TPSA) is 457 Å². The molecular weight excluding hydrogens is 1000 g/mol. The fraction of sp³-hybridized carbons (Fsp3) is 0.468. The summed E-state index contributed by atoms with van der Waals surface area (Å²) in [6.45, 7) is -1.92. The number of aliphatic hydroxyl groups is 7. The Hall–Kier alpha value is -7.77. The molecule has 0 aliphatic carbocycles. The molecule has 0 radical (unpaired) electrons. The Morgan fingerprint density at radius 2 is 1.42 bits per heavy atom. The normalized spacial score (nSPS) is 30.5. The number of guanidine groups is 2. The van der Waals surface area contributed by atoms with E-state index in [0.29, 0.717) is 22.4 Å². The number of benzene rings is 2. The Balaban J connectivity index is 1.18. The van der Waals surface area contributed by atoms with Gasteiger partial charge in [0.2, 0.25) is 35.4 Å². The van der Waals surface area contributed by atoms with Gasteiger partial charge in [0.15, 0.2) is 29.5 Å². The van der Waals surface area contributed by atoms with E-state index in [4.69, 9.17) is 25.0 Å². The molecule has 2 fully saturated rings. The summed E-state index contributed by atoms with van der Waals surface area (Å²) in [4.78, 5) is 99.9. The van der Waals surface area contributed by atoms with E-state index in [9.17, 15) is 64.5 Å². The minimum atomic E-state index is -2.27. The van der Waals surface area contributed by atoms with Crippen molar-refractivity contribution in [3.63, 3.8) is 0 Å². The first-order valence-corrected chi connectivity index (χ1v) is 24.1. The highest BCUT2D eigenvalue weighted by Crippen LogP contribution is 2.30. The number of furan rings is 1. The molecule has 6 heterocycles. The zero-order valence-electron chi connectivity index (χ0n) is 40.5. The quantitative estimate of drug-likeness (QED) is 0.0627. The van der Waals surface area contributed by atoms with Gasteiger partial charge in [0.05, 0.1) is 51.2 Å². The molecule has 0 spiro atoms. The molecule has 4 aromatic rings. The van der Waals surface area contributed by atoms with E-state index in [2.05, 4.69) is 52.2 Å². The van der Waals surface area contributed by atoms with Crippen molar-refractivity contribution in [3.8, 4) is 11.7 Å². The SMILES string of the molecule is C[C@@H](c1ccccc1)[C@@H]1NC(=O)CNC(=O)[C@H](CO)NC(=O)[C@@H]([C@@H](O)[C@@H]2CN=C(N)N2[C@H]2O[C@H](CO)[C@@H](O)[C@H](O)[C@@H]2O)NC(=O)[C@H]([C@H](O)[C@@H]2CN=C(N)N2)NC(=O)[C@@H](Cc2ccc3nc(-c4ccco4)oc3c2)NC1=O. The molecule has 29 nitrogen and oxygen atoms in total. The van der Waals surface area contributed by atoms with Gasteiger partial charge in [0.1, 0.15) is 72.3 Å². The molecule has 4 aliphatic heterocycles. The lowest BCUT2D eigenvalue weighted by Gasteiger charge is -2.46. The Kier molecular flexibility index (Phi) is 16.8. The molecule has 0 saturated carbocycles. The summed E-state index contributed by atoms with van der Waals surface area (Å²) in [5.74, 6) is -7.76. The third kappa shape index (κ3) is 11.7. The molecule has 18 N–H and O–H groups in total. The predicted molar refractivity (Wildman–Crippen MR) is 261 cm³/mol. The number of carbonyl (C=O) groups excluding carboxylic acids is 6. The van der Waals surface area contributed by atoms with E-state index in [1.54, 1.807) is 67.6 Å². The Morgan fingerprint density at radius 3 is 2.11 bits per heavy atom. The first-order valence-electron chi connectivity index (χ1n) is 24.1. The molecule has 2 aromatic carbocycles. The number of nitrogens with two attached hydrogens (primary N) is 2. The maximum absolute atomic E-state index is 15.0. The Bertz CT molecular complexity index is 2820. The number of ether oxygens (including phenoxy) is 1. The summed E-state index contributed by atoms with van der Waals surface area (Å²) in [5.41, 5.74) is 13.7. The van der Waals surface area contributed by atoms with Crippen molar-refractivity contribution >= 4 is 58.5 Å². The van der Waals surface area contributed by atoms with E-state index >= 15 is 0 Å². The van der Waals surface area contributed by atoms with Crippen LogP contribution in [0, 0.1) is 0 Å². The molecule has 0 bridgehead atoms. The van der Waals surface area contributed by atoms with E-state index < -0.39 is 159 Å². The first kappa shape index (κ1) is 54.5. The highest BCUT2D eigenvalue weighted by atomic mass is 16.6. The van der Waals surface area contributed by atoms with Crippen molar-refractivity contribution in [2.45, 2.75) is 104 Å². The van der Waals surface area contributed by atoms with E-state index in [-0.39, 0.29) is 30.4 Å². The van der Waals surface area contributed by atoms with Crippen LogP contribution in [0.15, 0.2) is 85.7 Å². The largest absolute Gasteiger partial charge is 0.459 e. The van der Waals surface area contributed by atoms with Gasteiger partial charge in [-0.2, -0.15) is 0 Å². The summed E-state index contributed by atoms with van der Waals surface area (Å²) in [7, 11) is 0. The van der Waals surface area contributed by atoms with Gasteiger partial charge >= 0.3 is 0 Å². The number of aliphatic imine (C=N–C) groups is 2. The van der Waals surface area contributed by atoms with Crippen molar-refractivity contribution in [1.82, 2.24) is 47.1 Å². The lowest BCUT2D eigenvalue weighted by Crippen LogP contribution is -2.70. The predicted octanol–water partition coefficient (Wildman–Crippen LogP) is -7.21. The highest BCUT2D eigenvalue weighted by Gasteiger charge is 2.52. The van der Waals surface area contributed by atoms with Gasteiger partial charge in [-0.15, -0.1) is 0 Å². The molecule has 4 aliphatic rings. The van der Waals surface area contributed by atoms with Crippen LogP contribution in [-0.2, 0) is 39.9 Å². The second-order valence-electron chi connectivity index (χ2n) is 18.6. The number of aliphatic hydroxyl groups excluding tert-OH is 7. The van der Waals surface area contributed by atoms with Crippen LogP contribution in [0.1, 0.15) is 24.0 Å². The van der Waals surface area contributed by atoms with Crippen LogP contribution in [0.2, 0.25) is 0 Å². The van der Waals surface area contributed by atoms with Gasteiger partial charge < -0.3 is 103 Å². The van der Waals surface area contributed by atoms with Gasteiger partial charge in [-0.05, 0) is 35.4 Å². The third-order valence-electron chi connectivity index (χ3n) is 13.6. The standard InChI is InChI=1S/C47H59N13O16/c1-19(21-6-3-2-4-7-21)31-41(71)53-23(12-20-9-10-22-28(13-20)75-44(55-22)27-8-5-11-74-27)40(70)58-32(34(64)24-14-51-46(48)56-24)43(73)59-33(42(72)54-25(17-61)39(69)50-16-30(63)57-31)35(65)26-15-52-47(49)60(26)45-38(68)37(67)36(66)29(18-62)76-45/h2-11,13,19,23-26,29,31-38,45,61-62,64-68H,12,14-18H2,1H3,(H2,49,52)(H,50,69)(H,53,71)(H,54,72)(H,57,63)(H,58,70)(H,59,73)(H3,48,51,56)/t19-,23+,24-,25-,26-,29+,31-,32-,33+,34+,35-,36+,37-,38-,45-/m0/s1. The summed E-state index contributed by atoms with van der Waals surface area (Å²) in [5, 5.41) is 94.1. The van der Waals surface area contributed by atoms with Crippen LogP contribution in [0.5, 0.6) is 0 Å². The summed E-state index contributed by atoms with van der Waals surface area (Å²) >= 11 is 0. The zero-order chi connectivity index (χ0) is 54.5. The second kappa shape index (κ2) is 23.4. The number of carbonyl (C=O) groups is 6. The van der Waals surface area contributed by atoms with Gasteiger partial charge in [-0.1, -0.05) is 43.3 Å². The van der Waals surface area contributed by atoms with Crippen molar-refractivity contribution in [3.05, 3.63) is 78.1 Å². The first-order chi connectivity index (χ1) is 36.4. The van der Waals surface area contributed by atoms with Crippen LogP contribution >= 0.6 is 0 Å². The Morgan fingerprint density at radius 1 is 0.724 bits per heavy atom. The van der Waals surface area contributed by atoms with Gasteiger partial charge in [0.25, 0.3) is 5.89 Å². The van der Waals surface area contributed by atoms with E-state index in [1.165, 1.54) is 6.26 Å². The van der Waals surface area contributed by atoms with Crippen molar-refractivity contribution in [1.29, 1.82) is 0 Å². The number of hydrogen-bond acceptors (Lipinski definition) is 23. The number of rotatable bonds is 12. The molecule has 76 heavy (non-hydrogen) atoms. The molecule has 408 valence electrons. The van der Waals surface area contributed by atoms with Crippen molar-refractivity contribution < 1.29 is 78.1 Å². The van der Waals surface area contributed by atoms with Crippen LogP contribution in [0.25, 0.3) is 22.8 Å². The van der Waals surface area contributed by atoms with Gasteiger partial charge in [0, 0.05) is 12.3 Å². The lowest BCUT2D eigenvalue weighted by molar-refractivity contribution is -0.260. The molecule has 29 heteroatoms. The van der Waals surface area contributed by atoms with Crippen LogP contribution < -0.4 is 48.7 Å². The molecule has 2 aromatic heterocycles. The number of fused-ring (bicyclic) bond motifs is 1. The summed E-state index contributed by atoms with van der Waals surface area (Å²) in [6.07, 6.45) is -12.1. The third-order valence-corrected chi connectivity index (χ3v) is 13.6. The molecular formula is C47H59N13O16. The second-order valence-corrected chi connectivity index (χ2v) is 18.6. The van der Waals surface area contributed by atoms with Crippen molar-refractivity contribution in [2.75, 3.05) is 32.8 Å². The average Bonchev–Trinajstić information content (AvgIpc) is 4.27. The number of hydrogen-bond donors (Lipinski definition) is 16. The maximum atomic E-state index is 15.0. The fourth-order valence-electron chi connectivity index (χ4n) is 9.31. The molecule has 6 amide bonds. The van der Waals surface area contributed by atoms with Gasteiger partial charge in [-0.3, -0.25) is 38.8 Å². The minimum Gasteiger partial charge on any atom is -0.459 e. The minimum absolute atomic E-state index is 0.145. The number of amides is 6. The Labute approximate surface area is 431 Å². The number of oxazole rings is 1. The summed E-state index contributed by atoms with van der Waals surface area (Å²) in [6, 6.07) is 4.39. The highest BCUT2D eigenvalue weighted by molar-refractivity contribution is 5.98.